The fourth-order valence-electron chi connectivity index (χ4n) is 1.82. The first-order valence-corrected chi connectivity index (χ1v) is 5.60. The summed E-state index contributed by atoms with van der Waals surface area (Å²) >= 11 is 5.79. The molecule has 0 aliphatic carbocycles. The molecule has 16 heavy (non-hydrogen) atoms. The van der Waals surface area contributed by atoms with E-state index in [9.17, 15) is 5.11 Å². The van der Waals surface area contributed by atoms with Crippen LogP contribution in [0, 0.1) is 0 Å². The van der Waals surface area contributed by atoms with Gasteiger partial charge in [-0.25, -0.2) is 9.97 Å². The third-order valence-corrected chi connectivity index (χ3v) is 2.77. The number of halogens is 1. The Labute approximate surface area is 99.0 Å². The van der Waals surface area contributed by atoms with Crippen LogP contribution in [0.3, 0.4) is 0 Å². The molecule has 0 aromatic carbocycles. The number of rotatable bonds is 3. The molecule has 1 aliphatic rings. The predicted molar refractivity (Wildman–Crippen MR) is 60.7 cm³/mol. The molecule has 0 unspecified atom stereocenters. The van der Waals surface area contributed by atoms with Crippen molar-refractivity contribution in [2.75, 3.05) is 24.6 Å². The third-order valence-electron chi connectivity index (χ3n) is 2.56. The summed E-state index contributed by atoms with van der Waals surface area (Å²) in [5, 5.41) is 10.2. The van der Waals surface area contributed by atoms with Crippen molar-refractivity contribution in [1.82, 2.24) is 9.97 Å². The minimum atomic E-state index is -0.478. The SMILES string of the molecule is CCO[C@H]1CN(c2cc(Cl)ncn2)C[C@@H]1O. The minimum absolute atomic E-state index is 0.154. The number of aliphatic hydroxyl groups excluding tert-OH is 1. The summed E-state index contributed by atoms with van der Waals surface area (Å²) in [6.45, 7) is 3.65. The minimum Gasteiger partial charge on any atom is -0.388 e. The van der Waals surface area contributed by atoms with Crippen molar-refractivity contribution >= 4 is 17.4 Å². The van der Waals surface area contributed by atoms with Crippen LogP contribution < -0.4 is 4.90 Å². The maximum absolute atomic E-state index is 9.78. The molecule has 0 saturated carbocycles. The molecule has 1 fully saturated rings. The zero-order valence-electron chi connectivity index (χ0n) is 9.01. The van der Waals surface area contributed by atoms with Gasteiger partial charge >= 0.3 is 0 Å². The van der Waals surface area contributed by atoms with Crippen molar-refractivity contribution in [3.05, 3.63) is 17.5 Å². The number of hydrogen-bond acceptors (Lipinski definition) is 5. The van der Waals surface area contributed by atoms with Crippen LogP contribution in [0.2, 0.25) is 5.15 Å². The molecule has 1 aromatic heterocycles. The van der Waals surface area contributed by atoms with Gasteiger partial charge in [0.25, 0.3) is 0 Å². The highest BCUT2D eigenvalue weighted by Crippen LogP contribution is 2.21. The maximum atomic E-state index is 9.78. The molecular formula is C10H14ClN3O2. The first-order chi connectivity index (χ1) is 7.70. The second-order valence-corrected chi connectivity index (χ2v) is 4.05. The van der Waals surface area contributed by atoms with Gasteiger partial charge in [0, 0.05) is 25.8 Å². The molecule has 2 heterocycles. The monoisotopic (exact) mass is 243 g/mol. The van der Waals surface area contributed by atoms with Gasteiger partial charge < -0.3 is 14.7 Å². The average molecular weight is 244 g/mol. The van der Waals surface area contributed by atoms with Crippen LogP contribution in [0.15, 0.2) is 12.4 Å². The van der Waals surface area contributed by atoms with Crippen LogP contribution in [0.1, 0.15) is 6.92 Å². The van der Waals surface area contributed by atoms with E-state index in [4.69, 9.17) is 16.3 Å². The fraction of sp³-hybridized carbons (Fsp3) is 0.600. The molecule has 1 N–H and O–H groups in total. The zero-order valence-corrected chi connectivity index (χ0v) is 9.76. The van der Waals surface area contributed by atoms with Gasteiger partial charge in [0.1, 0.15) is 23.4 Å². The molecule has 5 nitrogen and oxygen atoms in total. The Morgan fingerprint density at radius 1 is 1.56 bits per heavy atom. The lowest BCUT2D eigenvalue weighted by atomic mass is 10.3. The molecule has 1 aromatic rings. The van der Waals surface area contributed by atoms with E-state index in [-0.39, 0.29) is 6.10 Å². The number of hydrogen-bond donors (Lipinski definition) is 1. The molecule has 1 aliphatic heterocycles. The number of aromatic nitrogens is 2. The summed E-state index contributed by atoms with van der Waals surface area (Å²) in [7, 11) is 0. The number of β-amino-alcohol motifs (C(OH)–C–C–N with tert-alkyl or cyclic N) is 1. The van der Waals surface area contributed by atoms with Gasteiger partial charge in [0.2, 0.25) is 0 Å². The molecular weight excluding hydrogens is 230 g/mol. The smallest absolute Gasteiger partial charge is 0.134 e. The van der Waals surface area contributed by atoms with Gasteiger partial charge in [-0.05, 0) is 6.92 Å². The predicted octanol–water partition coefficient (Wildman–Crippen LogP) is 0.716. The lowest BCUT2D eigenvalue weighted by Crippen LogP contribution is -2.26. The van der Waals surface area contributed by atoms with Crippen molar-refractivity contribution in [2.24, 2.45) is 0 Å². The van der Waals surface area contributed by atoms with Crippen LogP contribution in [-0.4, -0.2) is 47.0 Å². The summed E-state index contributed by atoms with van der Waals surface area (Å²) in [5.74, 6) is 0.723. The summed E-state index contributed by atoms with van der Waals surface area (Å²) in [4.78, 5) is 9.88. The van der Waals surface area contributed by atoms with Gasteiger partial charge in [0.05, 0.1) is 6.10 Å². The molecule has 6 heteroatoms. The van der Waals surface area contributed by atoms with Crippen molar-refractivity contribution in [2.45, 2.75) is 19.1 Å². The van der Waals surface area contributed by atoms with E-state index >= 15 is 0 Å². The van der Waals surface area contributed by atoms with E-state index < -0.39 is 6.10 Å². The molecule has 1 saturated heterocycles. The lowest BCUT2D eigenvalue weighted by Gasteiger charge is -2.16. The molecule has 2 atom stereocenters. The first-order valence-electron chi connectivity index (χ1n) is 5.23. The number of anilines is 1. The second-order valence-electron chi connectivity index (χ2n) is 3.67. The molecule has 88 valence electrons. The molecule has 2 rings (SSSR count). The van der Waals surface area contributed by atoms with Gasteiger partial charge in [-0.3, -0.25) is 0 Å². The summed E-state index contributed by atoms with van der Waals surface area (Å²) < 4.78 is 5.43. The summed E-state index contributed by atoms with van der Waals surface area (Å²) in [5.41, 5.74) is 0. The van der Waals surface area contributed by atoms with E-state index in [1.54, 1.807) is 6.07 Å². The van der Waals surface area contributed by atoms with Crippen LogP contribution in [0.5, 0.6) is 0 Å². The Morgan fingerprint density at radius 2 is 2.38 bits per heavy atom. The standard InChI is InChI=1S/C10H14ClN3O2/c1-2-16-8-5-14(4-7(8)15)10-3-9(11)12-6-13-10/h3,6-8,15H,2,4-5H2,1H3/t7-,8-/m0/s1. The normalized spacial score (nSPS) is 25.1. The van der Waals surface area contributed by atoms with E-state index in [0.717, 1.165) is 5.82 Å². The summed E-state index contributed by atoms with van der Waals surface area (Å²) in [6.07, 6.45) is 0.783. The van der Waals surface area contributed by atoms with Gasteiger partial charge in [-0.2, -0.15) is 0 Å². The van der Waals surface area contributed by atoms with Crippen LogP contribution in [0.25, 0.3) is 0 Å². The zero-order chi connectivity index (χ0) is 11.5. The Morgan fingerprint density at radius 3 is 3.06 bits per heavy atom. The number of ether oxygens (including phenoxy) is 1. The highest BCUT2D eigenvalue weighted by molar-refractivity contribution is 6.29. The highest BCUT2D eigenvalue weighted by Gasteiger charge is 2.32. The highest BCUT2D eigenvalue weighted by atomic mass is 35.5. The Bertz CT molecular complexity index is 364. The fourth-order valence-corrected chi connectivity index (χ4v) is 1.96. The molecule has 0 bridgehead atoms. The molecule has 0 amide bonds. The maximum Gasteiger partial charge on any atom is 0.134 e. The van der Waals surface area contributed by atoms with Crippen LogP contribution >= 0.6 is 11.6 Å². The van der Waals surface area contributed by atoms with Crippen molar-refractivity contribution in [3.8, 4) is 0 Å². The van der Waals surface area contributed by atoms with Gasteiger partial charge in [-0.15, -0.1) is 0 Å². The van der Waals surface area contributed by atoms with Gasteiger partial charge in [0.15, 0.2) is 0 Å². The van der Waals surface area contributed by atoms with Gasteiger partial charge in [-0.1, -0.05) is 11.6 Å². The molecule has 0 spiro atoms. The largest absolute Gasteiger partial charge is 0.388 e. The van der Waals surface area contributed by atoms with E-state index in [2.05, 4.69) is 9.97 Å². The second kappa shape index (κ2) is 4.95. The van der Waals surface area contributed by atoms with E-state index in [0.29, 0.717) is 24.8 Å². The van der Waals surface area contributed by atoms with Crippen molar-refractivity contribution in [3.63, 3.8) is 0 Å². The lowest BCUT2D eigenvalue weighted by molar-refractivity contribution is -0.00189. The Kier molecular flexibility index (Phi) is 3.58. The van der Waals surface area contributed by atoms with E-state index in [1.807, 2.05) is 11.8 Å². The van der Waals surface area contributed by atoms with E-state index in [1.165, 1.54) is 6.33 Å². The number of nitrogens with zero attached hydrogens (tertiary/aromatic N) is 3. The van der Waals surface area contributed by atoms with Crippen LogP contribution in [0.4, 0.5) is 5.82 Å². The number of aliphatic hydroxyl groups is 1. The van der Waals surface area contributed by atoms with Crippen molar-refractivity contribution < 1.29 is 9.84 Å². The average Bonchev–Trinajstić information content (AvgIpc) is 2.61. The topological polar surface area (TPSA) is 58.5 Å². The molecule has 0 radical (unpaired) electrons. The van der Waals surface area contributed by atoms with Crippen molar-refractivity contribution in [1.29, 1.82) is 0 Å². The first kappa shape index (κ1) is 11.6. The Hall–Kier alpha value is -0.910. The third kappa shape index (κ3) is 2.42. The summed E-state index contributed by atoms with van der Waals surface area (Å²) in [6, 6.07) is 1.68. The Balaban J connectivity index is 2.07. The van der Waals surface area contributed by atoms with Crippen LogP contribution in [-0.2, 0) is 4.74 Å². The quantitative estimate of drug-likeness (QED) is 0.793.